The molecule has 9 fully saturated rings. The molecule has 9 aliphatic heterocycles. The molecular weight excluding hydrogens is 957 g/mol. The number of hydrogen-bond donors (Lipinski definition) is 0. The second kappa shape index (κ2) is 34.0. The van der Waals surface area contributed by atoms with E-state index in [2.05, 4.69) is 97.8 Å². The van der Waals surface area contributed by atoms with Crippen LogP contribution in [0, 0.1) is 35.5 Å². The van der Waals surface area contributed by atoms with Crippen LogP contribution < -0.4 is 0 Å². The van der Waals surface area contributed by atoms with Crippen LogP contribution in [0.1, 0.15) is 224 Å². The van der Waals surface area contributed by atoms with Gasteiger partial charge in [-0.3, -0.25) is 28.8 Å². The van der Waals surface area contributed by atoms with Gasteiger partial charge in [0.25, 0.3) is 0 Å². The zero-order chi connectivity index (χ0) is 55.9. The van der Waals surface area contributed by atoms with Crippen molar-refractivity contribution < 1.29 is 38.2 Å². The first-order valence-electron chi connectivity index (χ1n) is 31.1. The van der Waals surface area contributed by atoms with Crippen molar-refractivity contribution in [2.24, 2.45) is 35.5 Å². The zero-order valence-electron chi connectivity index (χ0n) is 50.5. The van der Waals surface area contributed by atoms with Gasteiger partial charge in [-0.1, -0.05) is 83.1 Å². The number of piperidine rings is 2. The number of fused-ring (bicyclic) bond motifs is 6. The summed E-state index contributed by atoms with van der Waals surface area (Å²) in [7, 11) is 0. The summed E-state index contributed by atoms with van der Waals surface area (Å²) in [5.74, 6) is 5.04. The van der Waals surface area contributed by atoms with E-state index in [0.717, 1.165) is 91.0 Å². The van der Waals surface area contributed by atoms with Crippen molar-refractivity contribution in [2.75, 3.05) is 65.7 Å². The summed E-state index contributed by atoms with van der Waals surface area (Å²) in [6, 6.07) is 3.16. The summed E-state index contributed by atoms with van der Waals surface area (Å²) in [5, 5.41) is 0. The predicted octanol–water partition coefficient (Wildman–Crippen LogP) is 10.8. The summed E-state index contributed by atoms with van der Waals surface area (Å²) in [5.41, 5.74) is 0. The fraction of sp³-hybridized carbons (Fsp3) is 0.903. The Labute approximate surface area is 463 Å². The van der Waals surface area contributed by atoms with Crippen molar-refractivity contribution in [3.05, 3.63) is 0 Å². The van der Waals surface area contributed by atoms with E-state index in [0.29, 0.717) is 127 Å². The number of hydrogen-bond acceptors (Lipinski definition) is 8. The highest BCUT2D eigenvalue weighted by atomic mass is 16.5. The molecule has 76 heavy (non-hydrogen) atoms. The van der Waals surface area contributed by atoms with Crippen LogP contribution in [0.25, 0.3) is 0 Å². The van der Waals surface area contributed by atoms with Gasteiger partial charge in [0.2, 0.25) is 35.4 Å². The van der Waals surface area contributed by atoms with E-state index in [9.17, 15) is 28.8 Å². The van der Waals surface area contributed by atoms with E-state index >= 15 is 0 Å². The molecule has 0 N–H and O–H groups in total. The number of carbonyl (C=O) groups excluding carboxylic acids is 6. The molecule has 0 aromatic heterocycles. The Hall–Kier alpha value is -3.26. The van der Waals surface area contributed by atoms with Gasteiger partial charge in [-0.2, -0.15) is 0 Å². The lowest BCUT2D eigenvalue weighted by atomic mass is 10.0. The van der Waals surface area contributed by atoms with E-state index in [1.807, 2.05) is 14.7 Å². The molecule has 0 spiro atoms. The average molecular weight is 1070 g/mol. The molecular formula is C62H112N6O8. The van der Waals surface area contributed by atoms with Crippen molar-refractivity contribution in [1.82, 2.24) is 29.4 Å². The fourth-order valence-electron chi connectivity index (χ4n) is 12.6. The Morgan fingerprint density at radius 1 is 0.303 bits per heavy atom. The van der Waals surface area contributed by atoms with E-state index in [1.54, 1.807) is 0 Å². The summed E-state index contributed by atoms with van der Waals surface area (Å²) in [6.07, 6.45) is 24.0. The quantitative estimate of drug-likeness (QED) is 0.188. The first-order chi connectivity index (χ1) is 36.1. The number of morpholine rings is 2. The topological polar surface area (TPSA) is 140 Å². The first kappa shape index (κ1) is 65.3. The fourth-order valence-corrected chi connectivity index (χ4v) is 12.6. The molecule has 9 heterocycles. The van der Waals surface area contributed by atoms with Crippen LogP contribution in [-0.2, 0) is 38.2 Å². The minimum Gasteiger partial charge on any atom is -0.378 e. The maximum Gasteiger partial charge on any atom is 0.223 e. The van der Waals surface area contributed by atoms with Crippen molar-refractivity contribution >= 4 is 35.4 Å². The number of amides is 6. The van der Waals surface area contributed by atoms with Crippen LogP contribution in [0.15, 0.2) is 0 Å². The number of ether oxygens (including phenoxy) is 2. The molecule has 0 aromatic carbocycles. The average Bonchev–Trinajstić information content (AvgIpc) is 4.22. The van der Waals surface area contributed by atoms with Crippen LogP contribution in [0.3, 0.4) is 0 Å². The Kier molecular flexibility index (Phi) is 29.2. The summed E-state index contributed by atoms with van der Waals surface area (Å²) in [6.45, 7) is 33.6. The molecule has 9 saturated heterocycles. The molecule has 14 heteroatoms. The van der Waals surface area contributed by atoms with Gasteiger partial charge in [0.15, 0.2) is 0 Å². The lowest BCUT2D eigenvalue weighted by Gasteiger charge is -2.35. The van der Waals surface area contributed by atoms with Gasteiger partial charge in [-0.05, 0) is 138 Å². The van der Waals surface area contributed by atoms with Crippen molar-refractivity contribution in [2.45, 2.75) is 261 Å². The van der Waals surface area contributed by atoms with Crippen molar-refractivity contribution in [1.29, 1.82) is 0 Å². The van der Waals surface area contributed by atoms with Gasteiger partial charge >= 0.3 is 0 Å². The molecule has 0 aliphatic carbocycles. The molecule has 4 atom stereocenters. The predicted molar refractivity (Wildman–Crippen MR) is 305 cm³/mol. The van der Waals surface area contributed by atoms with Crippen LogP contribution in [0.2, 0.25) is 0 Å². The second-order valence-electron chi connectivity index (χ2n) is 26.2. The molecule has 9 aliphatic rings. The monoisotopic (exact) mass is 1070 g/mol. The number of rotatable bonds is 12. The molecule has 14 nitrogen and oxygen atoms in total. The maximum atomic E-state index is 12.0. The second-order valence-corrected chi connectivity index (χ2v) is 26.2. The Balaban J connectivity index is 0.000000198. The van der Waals surface area contributed by atoms with Crippen LogP contribution in [-0.4, -0.2) is 167 Å². The number of nitrogens with zero attached hydrogens (tertiary/aromatic N) is 6. The SMILES string of the molecule is CC(C)CC(=O)N1C2CCC1CC2.CC(C)CC(=O)N1C2CCC1COC2.CC(C)CC(=O)N1C2CCCC1CC2.CC(C)CC(=O)N1CCCC1.CC(C)CC(=O)N1CCCCC1.CC(C)CC(=O)N1CCOCC1. The Morgan fingerprint density at radius 3 is 0.868 bits per heavy atom. The molecule has 438 valence electrons. The molecule has 4 unspecified atom stereocenters. The van der Waals surface area contributed by atoms with Gasteiger partial charge in [0.05, 0.1) is 38.5 Å². The zero-order valence-corrected chi connectivity index (χ0v) is 50.5. The molecule has 6 bridgehead atoms. The number of likely N-dealkylation sites (tertiary alicyclic amines) is 2. The molecule has 6 amide bonds. The third kappa shape index (κ3) is 22.5. The highest BCUT2D eigenvalue weighted by Crippen LogP contribution is 2.38. The highest BCUT2D eigenvalue weighted by Gasteiger charge is 2.43. The van der Waals surface area contributed by atoms with Crippen molar-refractivity contribution in [3.63, 3.8) is 0 Å². The van der Waals surface area contributed by atoms with Crippen molar-refractivity contribution in [3.8, 4) is 0 Å². The van der Waals surface area contributed by atoms with Gasteiger partial charge < -0.3 is 38.9 Å². The number of carbonyl (C=O) groups is 6. The first-order valence-corrected chi connectivity index (χ1v) is 31.1. The normalized spacial score (nSPS) is 25.3. The molecule has 0 aromatic rings. The standard InChI is InChI=1S/C12H21NO.C11H19NO2.C11H19NO.C10H19NO.C9H17NO2.C9H17NO/c1-9(2)8-12(14)13-10-4-3-5-11(13)7-6-10;1-8(2)5-11(13)12-9-3-4-10(12)7-14-6-9;1-8(2)7-11(13)12-9-3-4-10(12)6-5-9;1-9(2)8-10(12)11-6-4-3-5-7-11;1-8(2)7-9(11)10-3-5-12-6-4-10;1-8(2)7-9(11)10-5-3-4-6-10/h9-11H,3-8H2,1-2H3;8-10H,3-7H2,1-2H3;8-10H,3-7H2,1-2H3;9H,3-8H2,1-2H3;8H,3-7H2,1-2H3;8H,3-7H2,1-2H3. The lowest BCUT2D eigenvalue weighted by molar-refractivity contribution is -0.142. The molecule has 0 radical (unpaired) electrons. The molecule has 0 saturated carbocycles. The Morgan fingerprint density at radius 2 is 0.553 bits per heavy atom. The molecule has 9 rings (SSSR count). The third-order valence-electron chi connectivity index (χ3n) is 16.3. The van der Waals surface area contributed by atoms with Crippen LogP contribution >= 0.6 is 0 Å². The minimum atomic E-state index is 0.272. The van der Waals surface area contributed by atoms with E-state index < -0.39 is 0 Å². The highest BCUT2D eigenvalue weighted by molar-refractivity contribution is 5.79. The van der Waals surface area contributed by atoms with Gasteiger partial charge in [-0.15, -0.1) is 0 Å². The largest absolute Gasteiger partial charge is 0.378 e. The maximum absolute atomic E-state index is 12.0. The van der Waals surface area contributed by atoms with E-state index in [4.69, 9.17) is 9.47 Å². The smallest absolute Gasteiger partial charge is 0.223 e. The van der Waals surface area contributed by atoms with E-state index in [-0.39, 0.29) is 5.91 Å². The summed E-state index contributed by atoms with van der Waals surface area (Å²) < 4.78 is 10.6. The lowest BCUT2D eigenvalue weighted by Crippen LogP contribution is -2.49. The Bertz CT molecular complexity index is 1600. The van der Waals surface area contributed by atoms with Crippen LogP contribution in [0.4, 0.5) is 0 Å². The van der Waals surface area contributed by atoms with E-state index in [1.165, 1.54) is 89.9 Å². The third-order valence-corrected chi connectivity index (χ3v) is 16.3. The van der Waals surface area contributed by atoms with Gasteiger partial charge in [-0.25, -0.2) is 0 Å². The minimum absolute atomic E-state index is 0.272. The summed E-state index contributed by atoms with van der Waals surface area (Å²) in [4.78, 5) is 82.5. The van der Waals surface area contributed by atoms with Crippen LogP contribution in [0.5, 0.6) is 0 Å². The van der Waals surface area contributed by atoms with Gasteiger partial charge in [0, 0.05) is 102 Å². The summed E-state index contributed by atoms with van der Waals surface area (Å²) >= 11 is 0. The van der Waals surface area contributed by atoms with Gasteiger partial charge in [0.1, 0.15) is 0 Å².